The molecule has 0 aromatic heterocycles. The summed E-state index contributed by atoms with van der Waals surface area (Å²) in [5, 5.41) is 5.64. The molecular formula is CH5N2O2S+. The van der Waals surface area contributed by atoms with Gasteiger partial charge in [0.1, 0.15) is 0 Å². The maximum absolute atomic E-state index is 9.57. The Labute approximate surface area is 37.1 Å². The van der Waals surface area contributed by atoms with Crippen LogP contribution in [0.3, 0.4) is 0 Å². The average Bonchev–Trinajstić information content (AvgIpc) is 1.36. The summed E-state index contributed by atoms with van der Waals surface area (Å²) in [4.78, 5) is 0. The summed E-state index contributed by atoms with van der Waals surface area (Å²) in [6, 6.07) is 0. The lowest BCUT2D eigenvalue weighted by Crippen LogP contribution is -2.14. The standard InChI is InChI=1S/CH4N2O2S/c2-1(3)6(4)5/h(H3,2,3)(H,4,5)/p+1. The van der Waals surface area contributed by atoms with Crippen molar-refractivity contribution in [1.82, 2.24) is 0 Å². The van der Waals surface area contributed by atoms with Gasteiger partial charge < -0.3 is 10.3 Å². The van der Waals surface area contributed by atoms with Crippen molar-refractivity contribution in [2.45, 2.75) is 0 Å². The Bertz CT molecular complexity index is 77.5. The second-order valence-electron chi connectivity index (χ2n) is 0.633. The van der Waals surface area contributed by atoms with Crippen molar-refractivity contribution in [1.29, 1.82) is 5.41 Å². The lowest BCUT2D eigenvalue weighted by molar-refractivity contribution is 0.576. The molecule has 0 amide bonds. The summed E-state index contributed by atoms with van der Waals surface area (Å²) in [5.41, 5.74) is 4.53. The first-order valence-electron chi connectivity index (χ1n) is 1.11. The molecule has 0 bridgehead atoms. The Balaban J connectivity index is 3.57. The molecule has 0 saturated heterocycles. The van der Waals surface area contributed by atoms with Crippen LogP contribution in [0.4, 0.5) is 0 Å². The molecule has 36 valence electrons. The number of amidine groups is 1. The third-order valence-corrected chi connectivity index (χ3v) is 0.599. The molecule has 0 radical (unpaired) electrons. The second kappa shape index (κ2) is 1.89. The third-order valence-electron chi connectivity index (χ3n) is 0.200. The van der Waals surface area contributed by atoms with Crippen LogP contribution < -0.4 is 5.73 Å². The van der Waals surface area contributed by atoms with Crippen molar-refractivity contribution in [3.63, 3.8) is 0 Å². The molecule has 0 rings (SSSR count). The van der Waals surface area contributed by atoms with Gasteiger partial charge in [-0.2, -0.15) is 4.21 Å². The van der Waals surface area contributed by atoms with Gasteiger partial charge in [0.05, 0.1) is 0 Å². The van der Waals surface area contributed by atoms with E-state index in [-0.39, 0.29) is 0 Å². The predicted octanol–water partition coefficient (Wildman–Crippen LogP) is -1.73. The van der Waals surface area contributed by atoms with Gasteiger partial charge >= 0.3 is 11.1 Å². The Morgan fingerprint density at radius 2 is 2.17 bits per heavy atom. The lowest BCUT2D eigenvalue weighted by atomic mass is 11.4. The van der Waals surface area contributed by atoms with Crippen LogP contribution in [0.1, 0.15) is 0 Å². The van der Waals surface area contributed by atoms with Gasteiger partial charge in [-0.15, -0.1) is 0 Å². The minimum atomic E-state index is -2.01. The molecule has 1 unspecified atom stereocenters. The molecule has 0 aromatic rings. The normalized spacial score (nSPS) is 13.5. The van der Waals surface area contributed by atoms with Gasteiger partial charge in [0.15, 0.2) is 0 Å². The van der Waals surface area contributed by atoms with E-state index in [2.05, 4.69) is 5.73 Å². The molecule has 5 N–H and O–H groups in total. The molecule has 0 aromatic carbocycles. The van der Waals surface area contributed by atoms with E-state index < -0.39 is 16.2 Å². The molecule has 0 heterocycles. The van der Waals surface area contributed by atoms with E-state index in [0.29, 0.717) is 0 Å². The van der Waals surface area contributed by atoms with E-state index >= 15 is 0 Å². The van der Waals surface area contributed by atoms with Crippen LogP contribution >= 0.6 is 0 Å². The quantitative estimate of drug-likeness (QED) is 0.220. The van der Waals surface area contributed by atoms with Gasteiger partial charge in [-0.1, -0.05) is 0 Å². The monoisotopic (exact) mass is 109 g/mol. The smallest absolute Gasteiger partial charge is 0.370 e. The first-order chi connectivity index (χ1) is 2.64. The topological polar surface area (TPSA) is 89.8 Å². The van der Waals surface area contributed by atoms with Crippen molar-refractivity contribution in [2.75, 3.05) is 0 Å². The van der Waals surface area contributed by atoms with E-state index in [1.54, 1.807) is 0 Å². The number of nitrogens with one attached hydrogen (secondary N) is 1. The summed E-state index contributed by atoms with van der Waals surface area (Å²) >= 11 is -2.01. The molecule has 0 spiro atoms. The Morgan fingerprint density at radius 3 is 2.17 bits per heavy atom. The Morgan fingerprint density at radius 1 is 2.00 bits per heavy atom. The van der Waals surface area contributed by atoms with E-state index in [1.165, 1.54) is 0 Å². The summed E-state index contributed by atoms with van der Waals surface area (Å²) in [7, 11) is 0. The van der Waals surface area contributed by atoms with Crippen LogP contribution in [-0.4, -0.2) is 13.9 Å². The molecule has 1 atom stereocenters. The highest BCUT2D eigenvalue weighted by atomic mass is 32.2. The fourth-order valence-electron chi connectivity index (χ4n) is 0. The zero-order chi connectivity index (χ0) is 5.15. The fourth-order valence-corrected chi connectivity index (χ4v) is 0. The van der Waals surface area contributed by atoms with E-state index in [4.69, 9.17) is 9.96 Å². The zero-order valence-corrected chi connectivity index (χ0v) is 3.71. The van der Waals surface area contributed by atoms with E-state index in [0.717, 1.165) is 0 Å². The van der Waals surface area contributed by atoms with Crippen LogP contribution in [0.2, 0.25) is 0 Å². The summed E-state index contributed by atoms with van der Waals surface area (Å²) in [6.45, 7) is 0. The minimum Gasteiger partial charge on any atom is -0.370 e. The van der Waals surface area contributed by atoms with Crippen molar-refractivity contribution >= 4 is 16.2 Å². The van der Waals surface area contributed by atoms with Crippen LogP contribution in [0.25, 0.3) is 0 Å². The van der Waals surface area contributed by atoms with Crippen LogP contribution in [0, 0.1) is 5.41 Å². The third kappa shape index (κ3) is 1.86. The highest BCUT2D eigenvalue weighted by Crippen LogP contribution is 1.62. The number of hydrogen-bond donors (Lipinski definition) is 2. The van der Waals surface area contributed by atoms with Gasteiger partial charge in [-0.05, 0) is 0 Å². The predicted molar refractivity (Wildman–Crippen MR) is 23.7 cm³/mol. The van der Waals surface area contributed by atoms with Gasteiger partial charge in [0.25, 0.3) is 5.17 Å². The molecule has 0 aliphatic heterocycles. The Hall–Kier alpha value is -0.420. The molecule has 0 aliphatic carbocycles. The largest absolute Gasteiger partial charge is 0.371 e. The van der Waals surface area contributed by atoms with Crippen molar-refractivity contribution in [2.24, 2.45) is 5.73 Å². The maximum Gasteiger partial charge on any atom is 0.371 e. The maximum atomic E-state index is 9.57. The molecule has 4 nitrogen and oxygen atoms in total. The number of nitrogens with two attached hydrogens (primary N) is 1. The molecule has 0 aliphatic rings. The first kappa shape index (κ1) is 5.58. The minimum absolute atomic E-state index is 0.602. The van der Waals surface area contributed by atoms with Gasteiger partial charge in [0, 0.05) is 0 Å². The van der Waals surface area contributed by atoms with E-state index in [1.807, 2.05) is 0 Å². The second-order valence-corrected chi connectivity index (χ2v) is 1.61. The molecule has 0 saturated carbocycles. The van der Waals surface area contributed by atoms with Crippen molar-refractivity contribution in [3.8, 4) is 0 Å². The summed E-state index contributed by atoms with van der Waals surface area (Å²) < 4.78 is 15.7. The van der Waals surface area contributed by atoms with Gasteiger partial charge in [-0.25, -0.2) is 0 Å². The lowest BCUT2D eigenvalue weighted by Gasteiger charge is -1.74. The number of hydrogen-bond acceptors (Lipinski definition) is 2. The highest BCUT2D eigenvalue weighted by molar-refractivity contribution is 7.95. The highest BCUT2D eigenvalue weighted by Gasteiger charge is 1.98. The molecule has 0 fully saturated rings. The van der Waals surface area contributed by atoms with Crippen molar-refractivity contribution in [3.05, 3.63) is 0 Å². The average molecular weight is 109 g/mol. The van der Waals surface area contributed by atoms with Crippen molar-refractivity contribution < 1.29 is 8.76 Å². The van der Waals surface area contributed by atoms with Gasteiger partial charge in [0.2, 0.25) is 0 Å². The van der Waals surface area contributed by atoms with E-state index in [9.17, 15) is 4.21 Å². The Kier molecular flexibility index (Phi) is 1.75. The molecule has 5 heteroatoms. The summed E-state index contributed by atoms with van der Waals surface area (Å²) in [6.07, 6.45) is 0. The summed E-state index contributed by atoms with van der Waals surface area (Å²) in [5.74, 6) is 0. The SMILES string of the molecule is N=C(N)S(=O)[OH2+]. The zero-order valence-electron chi connectivity index (χ0n) is 2.89. The van der Waals surface area contributed by atoms with Crippen LogP contribution in [-0.2, 0) is 11.1 Å². The first-order valence-corrected chi connectivity index (χ1v) is 2.26. The van der Waals surface area contributed by atoms with Gasteiger partial charge in [-0.3, -0.25) is 5.41 Å². The van der Waals surface area contributed by atoms with Crippen LogP contribution in [0.5, 0.6) is 0 Å². The molecular weight excluding hydrogens is 104 g/mol. The molecule has 6 heavy (non-hydrogen) atoms. The fraction of sp³-hybridized carbons (Fsp3) is 0. The number of rotatable bonds is 0. The van der Waals surface area contributed by atoms with Crippen LogP contribution in [0.15, 0.2) is 0 Å².